The molecule has 5 rings (SSSR count). The lowest BCUT2D eigenvalue weighted by molar-refractivity contribution is -0.368. The quantitative estimate of drug-likeness (QED) is 0.115. The Hall–Kier alpha value is -0.680. The number of rotatable bonds is 7. The van der Waals surface area contributed by atoms with Gasteiger partial charge in [-0.15, -0.1) is 0 Å². The fraction of sp³-hybridized carbons (Fsp3) is 1.00. The molecule has 0 aromatic rings. The van der Waals surface area contributed by atoms with Crippen LogP contribution in [0.5, 0.6) is 0 Å². The number of hydrogen-bond donors (Lipinski definition) is 12. The summed E-state index contributed by atoms with van der Waals surface area (Å²) in [6.45, 7) is -1.34. The van der Waals surface area contributed by atoms with Crippen LogP contribution in [0.1, 0.15) is 32.1 Å². The van der Waals surface area contributed by atoms with E-state index in [2.05, 4.69) is 0 Å². The first-order valence-electron chi connectivity index (χ1n) is 15.2. The molecule has 17 nitrogen and oxygen atoms in total. The lowest BCUT2D eigenvalue weighted by Gasteiger charge is -2.50. The molecule has 3 saturated heterocycles. The Bertz CT molecular complexity index is 915. The molecular weight excluding hydrogens is 596 g/mol. The van der Waals surface area contributed by atoms with E-state index in [1.165, 1.54) is 0 Å². The van der Waals surface area contributed by atoms with Gasteiger partial charge in [0.15, 0.2) is 24.8 Å². The first-order valence-corrected chi connectivity index (χ1v) is 15.2. The molecular formula is C27H47O17+. The summed E-state index contributed by atoms with van der Waals surface area (Å²) in [6.07, 6.45) is -22.8. The van der Waals surface area contributed by atoms with Gasteiger partial charge in [-0.25, -0.2) is 0 Å². The summed E-state index contributed by atoms with van der Waals surface area (Å²) in [5.41, 5.74) is 0. The van der Waals surface area contributed by atoms with E-state index in [0.29, 0.717) is 0 Å². The van der Waals surface area contributed by atoms with Crippen molar-refractivity contribution in [3.05, 3.63) is 0 Å². The van der Waals surface area contributed by atoms with Crippen molar-refractivity contribution < 1.29 is 85.0 Å². The molecule has 0 aromatic heterocycles. The van der Waals surface area contributed by atoms with Gasteiger partial charge in [-0.05, 0) is 19.3 Å². The van der Waals surface area contributed by atoms with Crippen molar-refractivity contribution in [1.82, 2.24) is 0 Å². The summed E-state index contributed by atoms with van der Waals surface area (Å²) in [5, 5.41) is 123. The Labute approximate surface area is 252 Å². The van der Waals surface area contributed by atoms with Crippen LogP contribution in [0.3, 0.4) is 0 Å². The van der Waals surface area contributed by atoms with E-state index in [9.17, 15) is 61.3 Å². The maximum absolute atomic E-state index is 10.7. The Morgan fingerprint density at radius 3 is 1.55 bits per heavy atom. The highest BCUT2D eigenvalue weighted by Crippen LogP contribution is 2.43. The van der Waals surface area contributed by atoms with Gasteiger partial charge in [0.1, 0.15) is 61.0 Å². The van der Waals surface area contributed by atoms with Crippen molar-refractivity contribution in [2.75, 3.05) is 13.2 Å². The highest BCUT2D eigenvalue weighted by molar-refractivity contribution is 5.00. The summed E-state index contributed by atoms with van der Waals surface area (Å²) in [5.74, 6) is -1.04. The third-order valence-electron chi connectivity index (χ3n) is 9.91. The zero-order valence-corrected chi connectivity index (χ0v) is 23.9. The van der Waals surface area contributed by atoms with Gasteiger partial charge in [-0.1, -0.05) is 0 Å². The average Bonchev–Trinajstić information content (AvgIpc) is 2.99. The lowest BCUT2D eigenvalue weighted by Crippen LogP contribution is -2.64. The third kappa shape index (κ3) is 6.81. The first kappa shape index (κ1) is 34.6. The fourth-order valence-corrected chi connectivity index (χ4v) is 7.40. The van der Waals surface area contributed by atoms with Crippen LogP contribution in [0.4, 0.5) is 0 Å². The van der Waals surface area contributed by atoms with Gasteiger partial charge in [-0.2, -0.15) is 0 Å². The Morgan fingerprint density at radius 1 is 0.545 bits per heavy atom. The summed E-state index contributed by atoms with van der Waals surface area (Å²) in [6, 6.07) is 0. The molecule has 3 heterocycles. The standard InChI is InChI=1S/C27H46O17/c28-6-16-19(34)21(36)23(38)26(43-16)41-14-4-9(30)3-13-10(14)5-15(25(40-13)8-1-11(31)18(33)12(32)2-8)42-27-24(39)22(37)20(35)17(7-29)44-27/h8-39H,1-7H2/p+1/t8?,9?,10?,11?,12?,13?,14?,15?,16-,17-,18?,19+,20+,21-,22-,23-,24-,25?,26-,27-/m1/s1. The maximum atomic E-state index is 10.7. The van der Waals surface area contributed by atoms with Crippen LogP contribution in [0.15, 0.2) is 0 Å². The predicted molar refractivity (Wildman–Crippen MR) is 141 cm³/mol. The van der Waals surface area contributed by atoms with Crippen LogP contribution < -0.4 is 0 Å². The van der Waals surface area contributed by atoms with Gasteiger partial charge >= 0.3 is 0 Å². The van der Waals surface area contributed by atoms with Gasteiger partial charge in [0.25, 0.3) is 0 Å². The van der Waals surface area contributed by atoms with Crippen LogP contribution in [0.25, 0.3) is 0 Å². The zero-order chi connectivity index (χ0) is 32.0. The number of hydrogen-bond acceptors (Lipinski definition) is 16. The van der Waals surface area contributed by atoms with Gasteiger partial charge in [0.2, 0.25) is 0 Å². The smallest absolute Gasteiger partial charge is 0.187 e. The maximum Gasteiger partial charge on any atom is 0.187 e. The molecule has 8 unspecified atom stereocenters. The Morgan fingerprint density at radius 2 is 1.05 bits per heavy atom. The third-order valence-corrected chi connectivity index (χ3v) is 9.91. The van der Waals surface area contributed by atoms with E-state index >= 15 is 0 Å². The first-order chi connectivity index (χ1) is 20.8. The molecule has 5 aliphatic rings. The van der Waals surface area contributed by atoms with Gasteiger partial charge < -0.3 is 85.0 Å². The fourth-order valence-electron chi connectivity index (χ4n) is 7.40. The van der Waals surface area contributed by atoms with E-state index in [0.717, 1.165) is 0 Å². The van der Waals surface area contributed by atoms with Crippen molar-refractivity contribution in [3.8, 4) is 0 Å². The number of ether oxygens (including phenoxy) is 5. The van der Waals surface area contributed by atoms with Crippen molar-refractivity contribution >= 4 is 0 Å². The number of fused-ring (bicyclic) bond motifs is 1. The molecule has 0 radical (unpaired) electrons. The topological polar surface area (TPSA) is 292 Å². The van der Waals surface area contributed by atoms with Crippen molar-refractivity contribution in [3.63, 3.8) is 0 Å². The summed E-state index contributed by atoms with van der Waals surface area (Å²) in [4.78, 5) is 0. The SMILES string of the molecule is OC[C@H]1O[C@@H](OC2CC(O)CC3[OH+]C(C4CC(O)C(O)C(O)C4)C(O[C@@H]4O[C@H](CO)[C@H](O)[C@@H](O)[C@H]4O)CC23)[C@H](O)[C@H](O)[C@H]1O. The molecule has 2 saturated carbocycles. The second-order valence-electron chi connectivity index (χ2n) is 12.8. The minimum absolute atomic E-state index is 0.0473. The molecule has 44 heavy (non-hydrogen) atoms. The van der Waals surface area contributed by atoms with E-state index in [-0.39, 0.29) is 32.1 Å². The zero-order valence-electron chi connectivity index (χ0n) is 23.9. The van der Waals surface area contributed by atoms with Crippen LogP contribution in [0, 0.1) is 11.8 Å². The molecule has 18 atom stereocenters. The second kappa shape index (κ2) is 14.2. The molecule has 13 N–H and O–H groups in total. The minimum Gasteiger partial charge on any atom is -0.427 e. The normalized spacial score (nSPS) is 55.4. The largest absolute Gasteiger partial charge is 0.427 e. The number of aliphatic hydroxyl groups is 14. The lowest BCUT2D eigenvalue weighted by atomic mass is 9.72. The molecule has 17 heteroatoms. The predicted octanol–water partition coefficient (Wildman–Crippen LogP) is -6.71. The minimum atomic E-state index is -1.72. The van der Waals surface area contributed by atoms with Gasteiger partial charge in [0.05, 0.1) is 43.5 Å². The molecule has 0 bridgehead atoms. The summed E-state index contributed by atoms with van der Waals surface area (Å²) >= 11 is 0. The Kier molecular flexibility index (Phi) is 11.2. The van der Waals surface area contributed by atoms with Gasteiger partial charge in [-0.3, -0.25) is 0 Å². The Balaban J connectivity index is 1.39. The highest BCUT2D eigenvalue weighted by Gasteiger charge is 2.57. The van der Waals surface area contributed by atoms with Gasteiger partial charge in [0, 0.05) is 18.8 Å². The van der Waals surface area contributed by atoms with Crippen LogP contribution in [-0.4, -0.2) is 189 Å². The van der Waals surface area contributed by atoms with Crippen LogP contribution in [-0.2, 0) is 18.9 Å². The van der Waals surface area contributed by atoms with E-state index in [1.807, 2.05) is 0 Å². The van der Waals surface area contributed by atoms with Crippen molar-refractivity contribution in [2.24, 2.45) is 11.8 Å². The molecule has 256 valence electrons. The van der Waals surface area contributed by atoms with Crippen molar-refractivity contribution in [2.45, 2.75) is 142 Å². The average molecular weight is 644 g/mol. The summed E-state index contributed by atoms with van der Waals surface area (Å²) in [7, 11) is 0. The monoisotopic (exact) mass is 643 g/mol. The summed E-state index contributed by atoms with van der Waals surface area (Å²) < 4.78 is 28.3. The van der Waals surface area contributed by atoms with E-state index in [4.69, 9.17) is 23.7 Å². The highest BCUT2D eigenvalue weighted by atomic mass is 16.7. The number of aliphatic hydroxyl groups excluding tert-OH is 12. The van der Waals surface area contributed by atoms with E-state index in [1.54, 1.807) is 0 Å². The molecule has 2 aliphatic carbocycles. The van der Waals surface area contributed by atoms with E-state index < -0.39 is 135 Å². The van der Waals surface area contributed by atoms with Crippen LogP contribution >= 0.6 is 0 Å². The van der Waals surface area contributed by atoms with Crippen LogP contribution in [0.2, 0.25) is 0 Å². The second-order valence-corrected chi connectivity index (χ2v) is 12.8. The molecule has 5 fully saturated rings. The molecule has 3 aliphatic heterocycles. The molecule has 0 spiro atoms. The van der Waals surface area contributed by atoms with Crippen molar-refractivity contribution in [1.29, 1.82) is 0 Å². The molecule has 0 amide bonds. The molecule has 0 aromatic carbocycles.